The molecular formula is C21H17IN2O3. The molecule has 3 aromatic carbocycles. The Hall–Kier alpha value is -2.74. The van der Waals surface area contributed by atoms with Crippen LogP contribution in [-0.4, -0.2) is 10.7 Å². The largest absolute Gasteiger partial charge is 0.378 e. The minimum absolute atomic E-state index is 0.0111. The van der Waals surface area contributed by atoms with E-state index in [0.29, 0.717) is 5.56 Å². The molecule has 1 N–H and O–H groups in total. The van der Waals surface area contributed by atoms with Crippen molar-refractivity contribution in [1.82, 2.24) is 0 Å². The number of hydrogen-bond acceptors (Lipinski definition) is 4. The first kappa shape index (κ1) is 19.0. The minimum Gasteiger partial charge on any atom is -0.378 e. The summed E-state index contributed by atoms with van der Waals surface area (Å²) < 4.78 is 1.12. The van der Waals surface area contributed by atoms with Crippen molar-refractivity contribution < 1.29 is 9.72 Å². The molecule has 1 unspecified atom stereocenters. The molecule has 0 aliphatic carbocycles. The molecule has 0 fully saturated rings. The number of nitro benzene ring substituents is 1. The Kier molecular flexibility index (Phi) is 6.18. The van der Waals surface area contributed by atoms with Gasteiger partial charge in [0.15, 0.2) is 5.78 Å². The lowest BCUT2D eigenvalue weighted by Crippen LogP contribution is -2.16. The Bertz CT molecular complexity index is 926. The van der Waals surface area contributed by atoms with Crippen LogP contribution in [0.5, 0.6) is 0 Å². The van der Waals surface area contributed by atoms with E-state index in [9.17, 15) is 14.9 Å². The van der Waals surface area contributed by atoms with E-state index in [1.807, 2.05) is 42.5 Å². The molecule has 0 radical (unpaired) electrons. The number of benzene rings is 3. The maximum absolute atomic E-state index is 12.7. The number of ketones is 1. The van der Waals surface area contributed by atoms with Crippen LogP contribution in [0.4, 0.5) is 11.4 Å². The number of nitro groups is 1. The van der Waals surface area contributed by atoms with Crippen molar-refractivity contribution in [2.75, 3.05) is 5.32 Å². The molecule has 0 bridgehead atoms. The normalized spacial score (nSPS) is 11.6. The van der Waals surface area contributed by atoms with E-state index in [0.717, 1.165) is 14.8 Å². The third-order valence-electron chi connectivity index (χ3n) is 4.18. The maximum atomic E-state index is 12.7. The van der Waals surface area contributed by atoms with Crippen LogP contribution in [0.25, 0.3) is 0 Å². The second-order valence-electron chi connectivity index (χ2n) is 6.05. The number of carbonyl (C=O) groups is 1. The summed E-state index contributed by atoms with van der Waals surface area (Å²) >= 11 is 2.23. The topological polar surface area (TPSA) is 72.2 Å². The summed E-state index contributed by atoms with van der Waals surface area (Å²) in [5.41, 5.74) is 2.39. The minimum atomic E-state index is -0.430. The van der Waals surface area contributed by atoms with Crippen molar-refractivity contribution >= 4 is 39.7 Å². The van der Waals surface area contributed by atoms with Crippen LogP contribution >= 0.6 is 22.6 Å². The Morgan fingerprint density at radius 3 is 2.19 bits per heavy atom. The Morgan fingerprint density at radius 1 is 0.963 bits per heavy atom. The van der Waals surface area contributed by atoms with Crippen molar-refractivity contribution in [3.05, 3.63) is 104 Å². The number of halogens is 1. The molecule has 0 saturated heterocycles. The number of hydrogen-bond donors (Lipinski definition) is 1. The fourth-order valence-corrected chi connectivity index (χ4v) is 3.11. The van der Waals surface area contributed by atoms with Crippen molar-refractivity contribution in [2.24, 2.45) is 0 Å². The van der Waals surface area contributed by atoms with Gasteiger partial charge in [0.2, 0.25) is 0 Å². The molecule has 0 aliphatic heterocycles. The second-order valence-corrected chi connectivity index (χ2v) is 7.29. The highest BCUT2D eigenvalue weighted by Crippen LogP contribution is 2.26. The Labute approximate surface area is 170 Å². The average Bonchev–Trinajstić information content (AvgIpc) is 2.70. The molecule has 0 heterocycles. The van der Waals surface area contributed by atoms with Gasteiger partial charge < -0.3 is 5.32 Å². The smallest absolute Gasteiger partial charge is 0.269 e. The van der Waals surface area contributed by atoms with Crippen molar-refractivity contribution in [1.29, 1.82) is 0 Å². The fraction of sp³-hybridized carbons (Fsp3) is 0.0952. The molecule has 5 nitrogen and oxygen atoms in total. The van der Waals surface area contributed by atoms with Crippen LogP contribution in [0.15, 0.2) is 78.9 Å². The molecule has 3 rings (SSSR count). The van der Waals surface area contributed by atoms with Gasteiger partial charge in [0, 0.05) is 33.4 Å². The van der Waals surface area contributed by atoms with E-state index in [4.69, 9.17) is 0 Å². The maximum Gasteiger partial charge on any atom is 0.269 e. The van der Waals surface area contributed by atoms with Gasteiger partial charge in [-0.15, -0.1) is 0 Å². The van der Waals surface area contributed by atoms with Crippen molar-refractivity contribution in [3.63, 3.8) is 0 Å². The van der Waals surface area contributed by atoms with Gasteiger partial charge in [0.1, 0.15) is 0 Å². The van der Waals surface area contributed by atoms with E-state index in [2.05, 4.69) is 27.9 Å². The molecule has 27 heavy (non-hydrogen) atoms. The van der Waals surface area contributed by atoms with Crippen molar-refractivity contribution in [2.45, 2.75) is 12.5 Å². The zero-order chi connectivity index (χ0) is 19.2. The molecule has 1 atom stereocenters. The first-order valence-electron chi connectivity index (χ1n) is 8.37. The van der Waals surface area contributed by atoms with Gasteiger partial charge in [0.25, 0.3) is 5.69 Å². The van der Waals surface area contributed by atoms with E-state index in [1.165, 1.54) is 12.1 Å². The first-order chi connectivity index (χ1) is 13.0. The number of carbonyl (C=O) groups excluding carboxylic acids is 1. The van der Waals surface area contributed by atoms with Crippen LogP contribution in [-0.2, 0) is 0 Å². The third kappa shape index (κ3) is 5.13. The zero-order valence-corrected chi connectivity index (χ0v) is 16.5. The molecule has 0 amide bonds. The highest BCUT2D eigenvalue weighted by molar-refractivity contribution is 14.1. The predicted molar refractivity (Wildman–Crippen MR) is 114 cm³/mol. The van der Waals surface area contributed by atoms with Gasteiger partial charge in [-0.05, 0) is 52.4 Å². The number of rotatable bonds is 7. The summed E-state index contributed by atoms with van der Waals surface area (Å²) in [6, 6.07) is 23.0. The number of nitrogens with one attached hydrogen (secondary N) is 1. The van der Waals surface area contributed by atoms with Gasteiger partial charge in [-0.3, -0.25) is 14.9 Å². The van der Waals surface area contributed by atoms with Gasteiger partial charge in [-0.25, -0.2) is 0 Å². The average molecular weight is 472 g/mol. The lowest BCUT2D eigenvalue weighted by molar-refractivity contribution is -0.384. The Balaban J connectivity index is 1.86. The number of nitrogens with zero attached hydrogens (tertiary/aromatic N) is 1. The van der Waals surface area contributed by atoms with E-state index >= 15 is 0 Å². The second kappa shape index (κ2) is 8.77. The van der Waals surface area contributed by atoms with Gasteiger partial charge in [-0.2, -0.15) is 0 Å². The van der Waals surface area contributed by atoms with Crippen LogP contribution in [0.2, 0.25) is 0 Å². The van der Waals surface area contributed by atoms with Crippen LogP contribution < -0.4 is 5.32 Å². The quantitative estimate of drug-likeness (QED) is 0.210. The zero-order valence-electron chi connectivity index (χ0n) is 14.3. The molecule has 3 aromatic rings. The van der Waals surface area contributed by atoms with Crippen LogP contribution in [0.3, 0.4) is 0 Å². The molecular weight excluding hydrogens is 455 g/mol. The summed E-state index contributed by atoms with van der Waals surface area (Å²) in [5.74, 6) is 0.0111. The highest BCUT2D eigenvalue weighted by atomic mass is 127. The molecule has 136 valence electrons. The summed E-state index contributed by atoms with van der Waals surface area (Å²) in [5, 5.41) is 14.3. The first-order valence-corrected chi connectivity index (χ1v) is 9.45. The van der Waals surface area contributed by atoms with Crippen molar-refractivity contribution in [3.8, 4) is 0 Å². The number of anilines is 1. The molecule has 0 saturated carbocycles. The van der Waals surface area contributed by atoms with Gasteiger partial charge in [-0.1, -0.05) is 42.5 Å². The van der Waals surface area contributed by atoms with E-state index in [-0.39, 0.29) is 23.9 Å². The summed E-state index contributed by atoms with van der Waals surface area (Å²) in [4.78, 5) is 23.2. The third-order valence-corrected chi connectivity index (χ3v) is 4.90. The molecule has 6 heteroatoms. The molecule has 0 aliphatic rings. The van der Waals surface area contributed by atoms with Gasteiger partial charge in [0.05, 0.1) is 11.0 Å². The summed E-state index contributed by atoms with van der Waals surface area (Å²) in [6.07, 6.45) is 0.244. The summed E-state index contributed by atoms with van der Waals surface area (Å²) in [6.45, 7) is 0. The standard InChI is InChI=1S/C21H17IN2O3/c22-17-8-10-18(11-9-17)23-20(14-21(25)16-4-2-1-3-5-16)15-6-12-19(13-7-15)24(26)27/h1-13,20,23H,14H2. The van der Waals surface area contributed by atoms with Crippen LogP contribution in [0.1, 0.15) is 28.4 Å². The van der Waals surface area contributed by atoms with E-state index in [1.54, 1.807) is 24.3 Å². The molecule has 0 aromatic heterocycles. The summed E-state index contributed by atoms with van der Waals surface area (Å²) in [7, 11) is 0. The lowest BCUT2D eigenvalue weighted by atomic mass is 9.97. The predicted octanol–water partition coefficient (Wildman–Crippen LogP) is 5.63. The molecule has 0 spiro atoms. The fourth-order valence-electron chi connectivity index (χ4n) is 2.76. The number of Topliss-reactive ketones (excluding diaryl/α,β-unsaturated/α-hetero) is 1. The lowest BCUT2D eigenvalue weighted by Gasteiger charge is -2.20. The Morgan fingerprint density at radius 2 is 1.59 bits per heavy atom. The monoisotopic (exact) mass is 472 g/mol. The van der Waals surface area contributed by atoms with Gasteiger partial charge >= 0.3 is 0 Å². The number of non-ortho nitro benzene ring substituents is 1. The van der Waals surface area contributed by atoms with Crippen LogP contribution in [0, 0.1) is 13.7 Å². The van der Waals surface area contributed by atoms with E-state index < -0.39 is 4.92 Å². The highest BCUT2D eigenvalue weighted by Gasteiger charge is 2.18. The SMILES string of the molecule is O=C(CC(Nc1ccc(I)cc1)c1ccc([N+](=O)[O-])cc1)c1ccccc1.